The van der Waals surface area contributed by atoms with E-state index in [-0.39, 0.29) is 11.7 Å². The summed E-state index contributed by atoms with van der Waals surface area (Å²) in [5.41, 5.74) is 1.30. The Morgan fingerprint density at radius 2 is 1.75 bits per heavy atom. The van der Waals surface area contributed by atoms with Gasteiger partial charge in [0.1, 0.15) is 11.6 Å². The van der Waals surface area contributed by atoms with Gasteiger partial charge in [-0.25, -0.2) is 13.6 Å². The van der Waals surface area contributed by atoms with Gasteiger partial charge in [0.2, 0.25) is 0 Å². The highest BCUT2D eigenvalue weighted by Crippen LogP contribution is 2.35. The highest BCUT2D eigenvalue weighted by molar-refractivity contribution is 5.89. The number of fused-ring (bicyclic) bond motifs is 2. The summed E-state index contributed by atoms with van der Waals surface area (Å²) in [4.78, 5) is 14.9. The third kappa shape index (κ3) is 4.33. The Hall–Kier alpha value is -2.47. The summed E-state index contributed by atoms with van der Waals surface area (Å²) in [6, 6.07) is 14.1. The van der Waals surface area contributed by atoms with Crippen molar-refractivity contribution in [2.75, 3.05) is 5.32 Å². The zero-order valence-electron chi connectivity index (χ0n) is 15.7. The number of piperidine rings is 2. The van der Waals surface area contributed by atoms with Crippen molar-refractivity contribution in [1.29, 1.82) is 0 Å². The number of halogens is 2. The minimum atomic E-state index is -0.773. The molecule has 2 amide bonds. The molecule has 0 aromatic heterocycles. The molecule has 0 radical (unpaired) electrons. The molecule has 2 heterocycles. The van der Waals surface area contributed by atoms with Crippen molar-refractivity contribution in [2.45, 2.75) is 56.8 Å². The number of benzene rings is 2. The third-order valence-electron chi connectivity index (χ3n) is 5.85. The molecule has 2 aliphatic heterocycles. The van der Waals surface area contributed by atoms with Crippen LogP contribution in [0.1, 0.15) is 37.7 Å². The molecule has 2 atom stereocenters. The van der Waals surface area contributed by atoms with Gasteiger partial charge >= 0.3 is 6.03 Å². The molecular weight excluding hydrogens is 360 g/mol. The molecule has 2 bridgehead atoms. The van der Waals surface area contributed by atoms with Crippen LogP contribution in [0, 0.1) is 11.6 Å². The van der Waals surface area contributed by atoms with Crippen LogP contribution in [0.2, 0.25) is 0 Å². The lowest BCUT2D eigenvalue weighted by Gasteiger charge is -2.49. The van der Waals surface area contributed by atoms with E-state index in [1.54, 1.807) is 0 Å². The Kier molecular flexibility index (Phi) is 5.57. The van der Waals surface area contributed by atoms with Gasteiger partial charge in [-0.1, -0.05) is 36.8 Å². The molecule has 0 saturated carbocycles. The third-order valence-corrected chi connectivity index (χ3v) is 5.85. The molecule has 2 fully saturated rings. The van der Waals surface area contributed by atoms with Gasteiger partial charge in [0.25, 0.3) is 0 Å². The van der Waals surface area contributed by atoms with E-state index < -0.39 is 17.7 Å². The summed E-state index contributed by atoms with van der Waals surface area (Å²) >= 11 is 0. The first kappa shape index (κ1) is 18.9. The molecule has 4 nitrogen and oxygen atoms in total. The summed E-state index contributed by atoms with van der Waals surface area (Å²) in [6.45, 7) is 0.940. The van der Waals surface area contributed by atoms with E-state index in [2.05, 4.69) is 39.8 Å². The first-order valence-corrected chi connectivity index (χ1v) is 9.91. The van der Waals surface area contributed by atoms with E-state index in [0.29, 0.717) is 12.1 Å². The predicted molar refractivity (Wildman–Crippen MR) is 105 cm³/mol. The van der Waals surface area contributed by atoms with Gasteiger partial charge in [-0.3, -0.25) is 4.90 Å². The average molecular weight is 385 g/mol. The predicted octanol–water partition coefficient (Wildman–Crippen LogP) is 4.67. The van der Waals surface area contributed by atoms with Crippen molar-refractivity contribution < 1.29 is 13.6 Å². The number of rotatable bonds is 4. The van der Waals surface area contributed by atoms with Crippen molar-refractivity contribution >= 4 is 11.7 Å². The fourth-order valence-electron chi connectivity index (χ4n) is 4.58. The standard InChI is InChI=1S/C22H25F2N3O/c23-16-9-10-21(20(24)11-16)26-22(28)25-17-12-18-7-4-8-19(13-17)27(18)14-15-5-2-1-3-6-15/h1-3,5-6,9-11,17-19H,4,7-8,12-14H2,(H2,25,26,28)/t18-,19-/m0/s1. The highest BCUT2D eigenvalue weighted by Gasteiger charge is 2.38. The number of amides is 2. The molecular formula is C22H25F2N3O. The average Bonchev–Trinajstić information content (AvgIpc) is 2.65. The van der Waals surface area contributed by atoms with E-state index in [0.717, 1.165) is 44.4 Å². The summed E-state index contributed by atoms with van der Waals surface area (Å²) < 4.78 is 26.8. The van der Waals surface area contributed by atoms with Crippen LogP contribution in [0.3, 0.4) is 0 Å². The number of hydrogen-bond acceptors (Lipinski definition) is 2. The van der Waals surface area contributed by atoms with Gasteiger partial charge < -0.3 is 10.6 Å². The highest BCUT2D eigenvalue weighted by atomic mass is 19.1. The van der Waals surface area contributed by atoms with Crippen LogP contribution in [0.5, 0.6) is 0 Å². The van der Waals surface area contributed by atoms with E-state index in [1.807, 2.05) is 6.07 Å². The Balaban J connectivity index is 1.36. The van der Waals surface area contributed by atoms with Crippen LogP contribution in [-0.2, 0) is 6.54 Å². The molecule has 2 aromatic rings. The number of anilines is 1. The fourth-order valence-corrected chi connectivity index (χ4v) is 4.58. The lowest BCUT2D eigenvalue weighted by molar-refractivity contribution is 0.0200. The number of nitrogens with one attached hydrogen (secondary N) is 2. The maximum atomic E-state index is 13.7. The van der Waals surface area contributed by atoms with E-state index in [4.69, 9.17) is 0 Å². The van der Waals surface area contributed by atoms with E-state index in [9.17, 15) is 13.6 Å². The summed E-state index contributed by atoms with van der Waals surface area (Å²) in [6.07, 6.45) is 5.27. The minimum Gasteiger partial charge on any atom is -0.335 e. The van der Waals surface area contributed by atoms with Crippen LogP contribution in [-0.4, -0.2) is 29.1 Å². The van der Waals surface area contributed by atoms with Gasteiger partial charge in [-0.15, -0.1) is 0 Å². The maximum Gasteiger partial charge on any atom is 0.319 e. The van der Waals surface area contributed by atoms with Crippen LogP contribution in [0.25, 0.3) is 0 Å². The number of carbonyl (C=O) groups excluding carboxylic acids is 1. The zero-order valence-corrected chi connectivity index (χ0v) is 15.7. The van der Waals surface area contributed by atoms with E-state index >= 15 is 0 Å². The molecule has 0 aliphatic carbocycles. The van der Waals surface area contributed by atoms with Crippen molar-refractivity contribution in [3.05, 3.63) is 65.7 Å². The quantitative estimate of drug-likeness (QED) is 0.803. The summed E-state index contributed by atoms with van der Waals surface area (Å²) in [5, 5.41) is 5.48. The minimum absolute atomic E-state index is 0.0133. The number of nitrogens with zero attached hydrogens (tertiary/aromatic N) is 1. The second kappa shape index (κ2) is 8.27. The summed E-state index contributed by atoms with van der Waals surface area (Å²) in [5.74, 6) is -1.44. The molecule has 0 unspecified atom stereocenters. The maximum absolute atomic E-state index is 13.7. The molecule has 0 spiro atoms. The van der Waals surface area contributed by atoms with Crippen molar-refractivity contribution in [3.63, 3.8) is 0 Å². The fraction of sp³-hybridized carbons (Fsp3) is 0.409. The number of hydrogen-bond donors (Lipinski definition) is 2. The molecule has 2 saturated heterocycles. The van der Waals surface area contributed by atoms with Crippen molar-refractivity contribution in [2.24, 2.45) is 0 Å². The van der Waals surface area contributed by atoms with Crippen molar-refractivity contribution in [1.82, 2.24) is 10.2 Å². The first-order chi connectivity index (χ1) is 13.6. The van der Waals surface area contributed by atoms with Gasteiger partial charge in [0.15, 0.2) is 0 Å². The molecule has 6 heteroatoms. The number of carbonyl (C=O) groups is 1. The summed E-state index contributed by atoms with van der Waals surface area (Å²) in [7, 11) is 0. The van der Waals surface area contributed by atoms with Gasteiger partial charge in [-0.2, -0.15) is 0 Å². The van der Waals surface area contributed by atoms with Crippen LogP contribution >= 0.6 is 0 Å². The largest absolute Gasteiger partial charge is 0.335 e. The Labute approximate surface area is 163 Å². The molecule has 2 N–H and O–H groups in total. The molecule has 148 valence electrons. The molecule has 28 heavy (non-hydrogen) atoms. The topological polar surface area (TPSA) is 44.4 Å². The Morgan fingerprint density at radius 1 is 1.04 bits per heavy atom. The van der Waals surface area contributed by atoms with Crippen LogP contribution in [0.4, 0.5) is 19.3 Å². The van der Waals surface area contributed by atoms with Gasteiger partial charge in [0.05, 0.1) is 5.69 Å². The van der Waals surface area contributed by atoms with Gasteiger partial charge in [0, 0.05) is 30.7 Å². The first-order valence-electron chi connectivity index (χ1n) is 9.91. The monoisotopic (exact) mass is 385 g/mol. The smallest absolute Gasteiger partial charge is 0.319 e. The van der Waals surface area contributed by atoms with Crippen molar-refractivity contribution in [3.8, 4) is 0 Å². The molecule has 2 aromatic carbocycles. The SMILES string of the molecule is O=C(Nc1ccc(F)cc1F)NC1C[C@@H]2CCC[C@@H](C1)N2Cc1ccccc1. The second-order valence-corrected chi connectivity index (χ2v) is 7.79. The van der Waals surface area contributed by atoms with Crippen LogP contribution in [0.15, 0.2) is 48.5 Å². The zero-order chi connectivity index (χ0) is 19.5. The second-order valence-electron chi connectivity index (χ2n) is 7.79. The normalized spacial score (nSPS) is 24.6. The van der Waals surface area contributed by atoms with Crippen LogP contribution < -0.4 is 10.6 Å². The molecule has 4 rings (SSSR count). The Morgan fingerprint density at radius 3 is 2.43 bits per heavy atom. The lowest BCUT2D eigenvalue weighted by atomic mass is 9.81. The molecule has 2 aliphatic rings. The lowest BCUT2D eigenvalue weighted by Crippen LogP contribution is -2.56. The van der Waals surface area contributed by atoms with Gasteiger partial charge in [-0.05, 0) is 43.4 Å². The Bertz CT molecular complexity index is 816. The number of urea groups is 1. The van der Waals surface area contributed by atoms with E-state index in [1.165, 1.54) is 18.1 Å².